The van der Waals surface area contributed by atoms with E-state index in [0.717, 1.165) is 6.29 Å². The van der Waals surface area contributed by atoms with E-state index in [-0.39, 0.29) is 0 Å². The van der Waals surface area contributed by atoms with Crippen LogP contribution in [0.25, 0.3) is 0 Å². The van der Waals surface area contributed by atoms with Gasteiger partial charge < -0.3 is 0 Å². The number of hydrogen-bond acceptors (Lipinski definition) is 2. The summed E-state index contributed by atoms with van der Waals surface area (Å²) in [4.78, 5) is 10.0. The van der Waals surface area contributed by atoms with E-state index < -0.39 is 0 Å². The fraction of sp³-hybridized carbons (Fsp3) is 0.429. The van der Waals surface area contributed by atoms with E-state index in [9.17, 15) is 4.79 Å². The van der Waals surface area contributed by atoms with Gasteiger partial charge in [0.1, 0.15) is 5.69 Å². The number of nitrogens with zero attached hydrogens (tertiary/aromatic N) is 2. The molecule has 0 fully saturated rings. The molecule has 0 unspecified atom stereocenters. The van der Waals surface area contributed by atoms with Crippen LogP contribution in [0.1, 0.15) is 24.3 Å². The molecule has 0 spiro atoms. The maximum Gasteiger partial charge on any atom is 0.168 e. The van der Waals surface area contributed by atoms with E-state index >= 15 is 0 Å². The molecular weight excluding hydrogens is 128 g/mol. The minimum Gasteiger partial charge on any atom is -0.296 e. The van der Waals surface area contributed by atoms with Crippen molar-refractivity contribution in [3.8, 4) is 0 Å². The molecule has 1 heterocycles. The van der Waals surface area contributed by atoms with Crippen LogP contribution >= 0.6 is 0 Å². The van der Waals surface area contributed by atoms with Crippen molar-refractivity contribution in [1.82, 2.24) is 9.78 Å². The minimum atomic E-state index is 0.602. The van der Waals surface area contributed by atoms with Crippen molar-refractivity contribution in [3.05, 3.63) is 18.0 Å². The largest absolute Gasteiger partial charge is 0.296 e. The lowest BCUT2D eigenvalue weighted by Crippen LogP contribution is -1.94. The van der Waals surface area contributed by atoms with E-state index in [0.29, 0.717) is 5.69 Å². The van der Waals surface area contributed by atoms with E-state index in [1.807, 2.05) is 13.8 Å². The third-order valence-electron chi connectivity index (χ3n) is 0.980. The lowest BCUT2D eigenvalue weighted by molar-refractivity contribution is 0.111. The summed E-state index contributed by atoms with van der Waals surface area (Å²) < 4.78 is 1.52. The molecule has 0 amide bonds. The molecule has 3 heteroatoms. The van der Waals surface area contributed by atoms with E-state index in [2.05, 4.69) is 5.10 Å². The molecule has 0 N–H and O–H groups in total. The molecule has 0 aliphatic heterocycles. The van der Waals surface area contributed by atoms with Crippen molar-refractivity contribution >= 4 is 6.29 Å². The van der Waals surface area contributed by atoms with E-state index in [1.54, 1.807) is 19.3 Å². The fourth-order valence-corrected chi connectivity index (χ4v) is 0.500. The summed E-state index contributed by atoms with van der Waals surface area (Å²) in [5.41, 5.74) is 0.602. The summed E-state index contributed by atoms with van der Waals surface area (Å²) >= 11 is 0. The second-order valence-electron chi connectivity index (χ2n) is 1.50. The minimum absolute atomic E-state index is 0.602. The van der Waals surface area contributed by atoms with Crippen LogP contribution in [0.3, 0.4) is 0 Å². The summed E-state index contributed by atoms with van der Waals surface area (Å²) in [6.45, 7) is 4.00. The highest BCUT2D eigenvalue weighted by Gasteiger charge is 1.90. The third-order valence-corrected chi connectivity index (χ3v) is 0.980. The van der Waals surface area contributed by atoms with Crippen LogP contribution < -0.4 is 0 Å². The maximum absolute atomic E-state index is 10.0. The molecule has 0 saturated carbocycles. The number of hydrogen-bond donors (Lipinski definition) is 0. The van der Waals surface area contributed by atoms with Crippen LogP contribution in [-0.4, -0.2) is 16.1 Å². The Kier molecular flexibility index (Phi) is 4.20. The predicted octanol–water partition coefficient (Wildman–Crippen LogP) is 1.26. The van der Waals surface area contributed by atoms with Crippen LogP contribution in [0.5, 0.6) is 0 Å². The number of aryl methyl sites for hydroxylation is 1. The average Bonchev–Trinajstić information content (AvgIpc) is 2.39. The highest BCUT2D eigenvalue weighted by molar-refractivity contribution is 5.71. The smallest absolute Gasteiger partial charge is 0.168 e. The molecule has 56 valence electrons. The van der Waals surface area contributed by atoms with Gasteiger partial charge in [-0.2, -0.15) is 5.10 Å². The van der Waals surface area contributed by atoms with Gasteiger partial charge in [0, 0.05) is 13.2 Å². The second-order valence-corrected chi connectivity index (χ2v) is 1.50. The van der Waals surface area contributed by atoms with Gasteiger partial charge in [-0.3, -0.25) is 9.48 Å². The van der Waals surface area contributed by atoms with E-state index in [1.165, 1.54) is 4.68 Å². The van der Waals surface area contributed by atoms with Gasteiger partial charge in [-0.05, 0) is 6.07 Å². The molecular formula is C7H12N2O. The zero-order chi connectivity index (χ0) is 7.98. The van der Waals surface area contributed by atoms with E-state index in [4.69, 9.17) is 0 Å². The highest BCUT2D eigenvalue weighted by atomic mass is 16.1. The standard InChI is InChI=1S/C5H6N2O.C2H6/c1-7-5(4-8)2-3-6-7;1-2/h2-4H,1H3;1-2H3. The quantitative estimate of drug-likeness (QED) is 0.550. The molecule has 3 nitrogen and oxygen atoms in total. The molecule has 0 aromatic carbocycles. The average molecular weight is 140 g/mol. The first-order valence-corrected chi connectivity index (χ1v) is 3.28. The van der Waals surface area contributed by atoms with Gasteiger partial charge in [-0.25, -0.2) is 0 Å². The van der Waals surface area contributed by atoms with Crippen molar-refractivity contribution in [2.24, 2.45) is 7.05 Å². The molecule has 1 aromatic rings. The van der Waals surface area contributed by atoms with Crippen molar-refractivity contribution in [2.45, 2.75) is 13.8 Å². The first-order chi connectivity index (χ1) is 4.84. The Morgan fingerprint density at radius 1 is 1.60 bits per heavy atom. The van der Waals surface area contributed by atoms with Crippen LogP contribution in [0.2, 0.25) is 0 Å². The zero-order valence-corrected chi connectivity index (χ0v) is 6.53. The number of aldehydes is 1. The second kappa shape index (κ2) is 4.73. The molecule has 0 atom stereocenters. The first kappa shape index (κ1) is 8.88. The van der Waals surface area contributed by atoms with Crippen LogP contribution in [-0.2, 0) is 7.05 Å². The topological polar surface area (TPSA) is 34.9 Å². The van der Waals surface area contributed by atoms with Crippen LogP contribution in [0.4, 0.5) is 0 Å². The number of carbonyl (C=O) groups excluding carboxylic acids is 1. The Hall–Kier alpha value is -1.12. The molecule has 10 heavy (non-hydrogen) atoms. The highest BCUT2D eigenvalue weighted by Crippen LogP contribution is 1.88. The lowest BCUT2D eigenvalue weighted by Gasteiger charge is -1.86. The van der Waals surface area contributed by atoms with Crippen LogP contribution in [0.15, 0.2) is 12.3 Å². The summed E-state index contributed by atoms with van der Waals surface area (Å²) in [7, 11) is 1.73. The Morgan fingerprint density at radius 3 is 2.40 bits per heavy atom. The van der Waals surface area contributed by atoms with Gasteiger partial charge in [0.05, 0.1) is 0 Å². The monoisotopic (exact) mass is 140 g/mol. The SMILES string of the molecule is CC.Cn1nccc1C=O. The first-order valence-electron chi connectivity index (χ1n) is 3.28. The molecule has 1 rings (SSSR count). The summed E-state index contributed by atoms with van der Waals surface area (Å²) in [5.74, 6) is 0. The molecule has 0 radical (unpaired) electrons. The summed E-state index contributed by atoms with van der Waals surface area (Å²) in [6, 6.07) is 1.66. The van der Waals surface area contributed by atoms with Crippen molar-refractivity contribution in [2.75, 3.05) is 0 Å². The Labute approximate surface area is 60.7 Å². The number of carbonyl (C=O) groups is 1. The van der Waals surface area contributed by atoms with Gasteiger partial charge in [0.2, 0.25) is 0 Å². The molecule has 0 aliphatic carbocycles. The Balaban J connectivity index is 0.000000371. The summed E-state index contributed by atoms with van der Waals surface area (Å²) in [5, 5.41) is 3.77. The zero-order valence-electron chi connectivity index (χ0n) is 6.53. The van der Waals surface area contributed by atoms with Gasteiger partial charge in [0.15, 0.2) is 6.29 Å². The van der Waals surface area contributed by atoms with Gasteiger partial charge in [-0.15, -0.1) is 0 Å². The Bertz CT molecular complexity index is 193. The van der Waals surface area contributed by atoms with Crippen LogP contribution in [0, 0.1) is 0 Å². The molecule has 0 aliphatic rings. The molecule has 1 aromatic heterocycles. The van der Waals surface area contributed by atoms with Gasteiger partial charge >= 0.3 is 0 Å². The number of aromatic nitrogens is 2. The predicted molar refractivity (Wildman–Crippen MR) is 39.9 cm³/mol. The number of rotatable bonds is 1. The lowest BCUT2D eigenvalue weighted by atomic mass is 10.5. The summed E-state index contributed by atoms with van der Waals surface area (Å²) in [6.07, 6.45) is 2.36. The van der Waals surface area contributed by atoms with Crippen molar-refractivity contribution in [1.29, 1.82) is 0 Å². The molecule has 0 bridgehead atoms. The Morgan fingerprint density at radius 2 is 2.20 bits per heavy atom. The molecule has 0 saturated heterocycles. The van der Waals surface area contributed by atoms with Gasteiger partial charge in [-0.1, -0.05) is 13.8 Å². The van der Waals surface area contributed by atoms with Crippen molar-refractivity contribution in [3.63, 3.8) is 0 Å². The van der Waals surface area contributed by atoms with Crippen molar-refractivity contribution < 1.29 is 4.79 Å². The third kappa shape index (κ3) is 2.01. The normalized spacial score (nSPS) is 7.90. The fourth-order valence-electron chi connectivity index (χ4n) is 0.500. The maximum atomic E-state index is 10.0. The van der Waals surface area contributed by atoms with Gasteiger partial charge in [0.25, 0.3) is 0 Å².